The van der Waals surface area contributed by atoms with Gasteiger partial charge in [-0.25, -0.2) is 26.9 Å². The number of allylic oxidation sites excluding steroid dienone is 4. The van der Waals surface area contributed by atoms with E-state index in [1.807, 2.05) is 6.07 Å². The molecule has 1 aliphatic heterocycles. The molecule has 4 nitrogen and oxygen atoms in total. The van der Waals surface area contributed by atoms with Crippen molar-refractivity contribution in [1.29, 1.82) is 0 Å². The second-order valence-electron chi connectivity index (χ2n) is 8.34. The zero-order valence-corrected chi connectivity index (χ0v) is 20.0. The summed E-state index contributed by atoms with van der Waals surface area (Å²) in [5.74, 6) is -2.80. The highest BCUT2D eigenvalue weighted by Gasteiger charge is 2.43. The summed E-state index contributed by atoms with van der Waals surface area (Å²) in [4.78, 5) is 4.34. The van der Waals surface area contributed by atoms with Crippen molar-refractivity contribution in [3.8, 4) is 11.8 Å². The molecular formula is C26H16F7NO3S. The molecule has 1 atom stereocenters. The first kappa shape index (κ1) is 26.2. The molecule has 198 valence electrons. The van der Waals surface area contributed by atoms with Gasteiger partial charge in [0, 0.05) is 23.6 Å². The maximum atomic E-state index is 14.5. The zero-order valence-electron chi connectivity index (χ0n) is 19.2. The predicted molar refractivity (Wildman–Crippen MR) is 123 cm³/mol. The Balaban J connectivity index is 1.36. The molecule has 0 N–H and O–H groups in total. The van der Waals surface area contributed by atoms with E-state index in [9.17, 15) is 30.7 Å². The minimum absolute atomic E-state index is 0.200. The topological polar surface area (TPSA) is 40.6 Å². The van der Waals surface area contributed by atoms with E-state index in [1.165, 1.54) is 11.3 Å². The molecule has 0 spiro atoms. The van der Waals surface area contributed by atoms with Crippen LogP contribution in [0.2, 0.25) is 0 Å². The average molecular weight is 555 g/mol. The Labute approximate surface area is 215 Å². The normalized spacial score (nSPS) is 18.8. The van der Waals surface area contributed by atoms with Crippen LogP contribution in [0, 0.1) is 23.5 Å². The molecule has 1 aliphatic carbocycles. The summed E-state index contributed by atoms with van der Waals surface area (Å²) in [6, 6.07) is 6.54. The van der Waals surface area contributed by atoms with Gasteiger partial charge >= 0.3 is 6.11 Å². The standard InChI is InChI=1S/C26H16F7NO3S/c27-16-8-13(9-17(28)23(16)26(32,33)37-15-11-18(29)24(31)19(30)12-15)2-5-22-34-20-4-3-14(10-21(20)38-22)25-35-6-1-7-36-25/h3-4,8-11,19,25H,1,6-7,12H2. The maximum absolute atomic E-state index is 14.5. The molecule has 0 amide bonds. The average Bonchev–Trinajstić information content (AvgIpc) is 3.28. The fraction of sp³-hybridized carbons (Fsp3) is 0.269. The number of nitrogens with zero attached hydrogens (tertiary/aromatic N) is 1. The van der Waals surface area contributed by atoms with E-state index in [1.54, 1.807) is 12.1 Å². The molecule has 3 aromatic rings. The summed E-state index contributed by atoms with van der Waals surface area (Å²) in [7, 11) is 0. The SMILES string of the molecule is FC1=C(F)C(F)CC(OC(F)(F)c2c(F)cc(C#Cc3nc4ccc(C5OCCCO5)cc4s3)cc2F)=C1. The quantitative estimate of drug-likeness (QED) is 0.251. The van der Waals surface area contributed by atoms with Crippen LogP contribution >= 0.6 is 11.3 Å². The Hall–Kier alpha value is -3.40. The fourth-order valence-electron chi connectivity index (χ4n) is 3.84. The van der Waals surface area contributed by atoms with Crippen molar-refractivity contribution in [3.05, 3.63) is 87.2 Å². The summed E-state index contributed by atoms with van der Waals surface area (Å²) in [5.41, 5.74) is -0.616. The number of hydrogen-bond acceptors (Lipinski definition) is 5. The third-order valence-electron chi connectivity index (χ3n) is 5.59. The third kappa shape index (κ3) is 5.41. The molecule has 1 fully saturated rings. The first-order valence-corrected chi connectivity index (χ1v) is 12.0. The Bertz CT molecular complexity index is 1490. The second-order valence-corrected chi connectivity index (χ2v) is 9.37. The largest absolute Gasteiger partial charge is 0.433 e. The van der Waals surface area contributed by atoms with Gasteiger partial charge in [-0.3, -0.25) is 0 Å². The Kier molecular flexibility index (Phi) is 7.17. The molecule has 0 radical (unpaired) electrons. The molecule has 38 heavy (non-hydrogen) atoms. The molecule has 1 saturated heterocycles. The minimum Gasteiger partial charge on any atom is -0.433 e. The highest BCUT2D eigenvalue weighted by Crippen LogP contribution is 2.39. The summed E-state index contributed by atoms with van der Waals surface area (Å²) in [5, 5.41) is 0.313. The summed E-state index contributed by atoms with van der Waals surface area (Å²) in [6.45, 7) is 1.16. The van der Waals surface area contributed by atoms with Crippen LogP contribution in [0.3, 0.4) is 0 Å². The highest BCUT2D eigenvalue weighted by molar-refractivity contribution is 7.19. The molecule has 0 bridgehead atoms. The van der Waals surface area contributed by atoms with Gasteiger partial charge in [0.05, 0.1) is 23.4 Å². The van der Waals surface area contributed by atoms with Gasteiger partial charge in [0.1, 0.15) is 23.0 Å². The number of benzene rings is 2. The number of halogens is 7. The van der Waals surface area contributed by atoms with Crippen LogP contribution in [0.5, 0.6) is 0 Å². The number of hydrogen-bond donors (Lipinski definition) is 0. The summed E-state index contributed by atoms with van der Waals surface area (Å²) >= 11 is 1.21. The number of fused-ring (bicyclic) bond motifs is 1. The maximum Gasteiger partial charge on any atom is 0.432 e. The lowest BCUT2D eigenvalue weighted by Gasteiger charge is -2.23. The van der Waals surface area contributed by atoms with E-state index in [0.29, 0.717) is 35.9 Å². The zero-order chi connectivity index (χ0) is 27.0. The first-order valence-electron chi connectivity index (χ1n) is 11.2. The van der Waals surface area contributed by atoms with Gasteiger partial charge < -0.3 is 14.2 Å². The second kappa shape index (κ2) is 10.4. The molecule has 2 aromatic carbocycles. The third-order valence-corrected chi connectivity index (χ3v) is 6.52. The van der Waals surface area contributed by atoms with E-state index in [0.717, 1.165) is 16.7 Å². The van der Waals surface area contributed by atoms with Crippen LogP contribution in [-0.4, -0.2) is 24.4 Å². The van der Waals surface area contributed by atoms with Crippen molar-refractivity contribution in [2.45, 2.75) is 31.4 Å². The van der Waals surface area contributed by atoms with Gasteiger partial charge in [-0.2, -0.15) is 8.78 Å². The molecule has 1 unspecified atom stereocenters. The van der Waals surface area contributed by atoms with Crippen molar-refractivity contribution < 1.29 is 44.9 Å². The van der Waals surface area contributed by atoms with Crippen LogP contribution in [0.15, 0.2) is 53.8 Å². The van der Waals surface area contributed by atoms with Crippen molar-refractivity contribution in [2.24, 2.45) is 0 Å². The number of ether oxygens (including phenoxy) is 3. The van der Waals surface area contributed by atoms with Crippen molar-refractivity contribution in [2.75, 3.05) is 13.2 Å². The predicted octanol–water partition coefficient (Wildman–Crippen LogP) is 7.25. The molecule has 0 saturated carbocycles. The van der Waals surface area contributed by atoms with Gasteiger partial charge in [0.25, 0.3) is 0 Å². The summed E-state index contributed by atoms with van der Waals surface area (Å²) in [6.07, 6.45) is -7.74. The number of thiazole rings is 1. The van der Waals surface area contributed by atoms with E-state index in [-0.39, 0.29) is 11.6 Å². The van der Waals surface area contributed by atoms with E-state index >= 15 is 0 Å². The number of rotatable bonds is 4. The van der Waals surface area contributed by atoms with Crippen LogP contribution in [0.1, 0.15) is 40.8 Å². The first-order chi connectivity index (χ1) is 18.1. The van der Waals surface area contributed by atoms with Gasteiger partial charge in [-0.05, 0) is 36.6 Å². The summed E-state index contributed by atoms with van der Waals surface area (Å²) < 4.78 is 114. The van der Waals surface area contributed by atoms with Crippen LogP contribution in [-0.2, 0) is 20.3 Å². The van der Waals surface area contributed by atoms with E-state index < -0.39 is 59.6 Å². The van der Waals surface area contributed by atoms with Crippen LogP contribution in [0.25, 0.3) is 10.2 Å². The van der Waals surface area contributed by atoms with Gasteiger partial charge in [-0.15, -0.1) is 11.3 Å². The van der Waals surface area contributed by atoms with Gasteiger partial charge in [0.2, 0.25) is 0 Å². The van der Waals surface area contributed by atoms with E-state index in [4.69, 9.17) is 9.47 Å². The smallest absolute Gasteiger partial charge is 0.432 e. The molecule has 2 heterocycles. The molecule has 2 aliphatic rings. The lowest BCUT2D eigenvalue weighted by Crippen LogP contribution is -2.24. The van der Waals surface area contributed by atoms with Crippen molar-refractivity contribution in [3.63, 3.8) is 0 Å². The lowest BCUT2D eigenvalue weighted by molar-refractivity contribution is -0.230. The number of aromatic nitrogens is 1. The van der Waals surface area contributed by atoms with Crippen LogP contribution in [0.4, 0.5) is 30.7 Å². The minimum atomic E-state index is -4.64. The monoisotopic (exact) mass is 555 g/mol. The van der Waals surface area contributed by atoms with Crippen molar-refractivity contribution >= 4 is 21.6 Å². The Morgan fingerprint density at radius 3 is 2.39 bits per heavy atom. The van der Waals surface area contributed by atoms with Crippen molar-refractivity contribution in [1.82, 2.24) is 4.98 Å². The Morgan fingerprint density at radius 1 is 1.00 bits per heavy atom. The lowest BCUT2D eigenvalue weighted by atomic mass is 10.1. The number of alkyl halides is 3. The van der Waals surface area contributed by atoms with E-state index in [2.05, 4.69) is 21.6 Å². The molecule has 5 rings (SSSR count). The fourth-order valence-corrected chi connectivity index (χ4v) is 4.71. The highest BCUT2D eigenvalue weighted by atomic mass is 32.1. The molecular weight excluding hydrogens is 539 g/mol. The molecule has 1 aromatic heterocycles. The van der Waals surface area contributed by atoms with Gasteiger partial charge in [-0.1, -0.05) is 12.0 Å². The Morgan fingerprint density at radius 2 is 1.71 bits per heavy atom. The van der Waals surface area contributed by atoms with Crippen LogP contribution < -0.4 is 0 Å². The van der Waals surface area contributed by atoms with Gasteiger partial charge in [0.15, 0.2) is 29.1 Å². The molecule has 12 heteroatoms.